The van der Waals surface area contributed by atoms with E-state index in [9.17, 15) is 14.9 Å². The van der Waals surface area contributed by atoms with Crippen LogP contribution in [0.2, 0.25) is 0 Å². The summed E-state index contributed by atoms with van der Waals surface area (Å²) in [7, 11) is 1.61. The Kier molecular flexibility index (Phi) is 7.01. The van der Waals surface area contributed by atoms with Gasteiger partial charge in [-0.3, -0.25) is 4.79 Å². The highest BCUT2D eigenvalue weighted by molar-refractivity contribution is 8.00. The maximum absolute atomic E-state index is 12.4. The molecule has 0 spiro atoms. The Labute approximate surface area is 177 Å². The lowest BCUT2D eigenvalue weighted by Gasteiger charge is -2.25. The normalized spacial score (nSPS) is 12.7. The topological polar surface area (TPSA) is 91.7 Å². The van der Waals surface area contributed by atoms with Gasteiger partial charge in [-0.1, -0.05) is 0 Å². The minimum Gasteiger partial charge on any atom is -0.497 e. The highest BCUT2D eigenvalue weighted by Crippen LogP contribution is 2.37. The zero-order valence-corrected chi connectivity index (χ0v) is 17.8. The van der Waals surface area contributed by atoms with Gasteiger partial charge in [-0.25, -0.2) is 4.79 Å². The second-order valence-corrected chi connectivity index (χ2v) is 8.36. The van der Waals surface area contributed by atoms with Crippen molar-refractivity contribution in [1.29, 1.82) is 5.26 Å². The van der Waals surface area contributed by atoms with Crippen LogP contribution < -0.4 is 10.1 Å². The van der Waals surface area contributed by atoms with Crippen LogP contribution in [0.5, 0.6) is 5.75 Å². The molecule has 3 rings (SSSR count). The first-order valence-corrected chi connectivity index (χ1v) is 10.9. The van der Waals surface area contributed by atoms with Crippen LogP contribution in [-0.2, 0) is 22.5 Å². The first kappa shape index (κ1) is 21.0. The Bertz CT molecular complexity index is 934. The number of thiophene rings is 1. The van der Waals surface area contributed by atoms with Crippen molar-refractivity contribution in [3.05, 3.63) is 40.3 Å². The molecule has 7 nitrogen and oxygen atoms in total. The molecule has 0 bridgehead atoms. The molecule has 0 atom stereocenters. The second-order valence-electron chi connectivity index (χ2n) is 6.20. The molecule has 29 heavy (non-hydrogen) atoms. The number of ether oxygens (including phenoxy) is 2. The van der Waals surface area contributed by atoms with Gasteiger partial charge in [0.25, 0.3) is 0 Å². The van der Waals surface area contributed by atoms with E-state index >= 15 is 0 Å². The van der Waals surface area contributed by atoms with E-state index in [0.29, 0.717) is 36.7 Å². The van der Waals surface area contributed by atoms with E-state index in [1.807, 2.05) is 24.3 Å². The molecular weight excluding hydrogens is 410 g/mol. The molecule has 0 saturated carbocycles. The molecule has 0 unspecified atom stereocenters. The maximum atomic E-state index is 12.4. The lowest BCUT2D eigenvalue weighted by atomic mass is 10.0. The van der Waals surface area contributed by atoms with Gasteiger partial charge in [0.15, 0.2) is 0 Å². The number of carbonyl (C=O) groups excluding carboxylic acids is 2. The lowest BCUT2D eigenvalue weighted by molar-refractivity contribution is -0.113. The minimum atomic E-state index is -0.355. The first-order valence-electron chi connectivity index (χ1n) is 9.08. The van der Waals surface area contributed by atoms with Crippen molar-refractivity contribution in [2.75, 3.05) is 31.3 Å². The van der Waals surface area contributed by atoms with Gasteiger partial charge in [0.1, 0.15) is 16.8 Å². The minimum absolute atomic E-state index is 0.178. The van der Waals surface area contributed by atoms with E-state index < -0.39 is 0 Å². The van der Waals surface area contributed by atoms with E-state index in [2.05, 4.69) is 11.4 Å². The lowest BCUT2D eigenvalue weighted by Crippen LogP contribution is -2.35. The summed E-state index contributed by atoms with van der Waals surface area (Å²) >= 11 is 2.76. The quantitative estimate of drug-likeness (QED) is 0.698. The van der Waals surface area contributed by atoms with Crippen molar-refractivity contribution >= 4 is 40.1 Å². The van der Waals surface area contributed by atoms with E-state index in [-0.39, 0.29) is 17.8 Å². The van der Waals surface area contributed by atoms with Crippen LogP contribution >= 0.6 is 23.1 Å². The number of anilines is 1. The van der Waals surface area contributed by atoms with E-state index in [1.165, 1.54) is 23.1 Å². The molecule has 2 amide bonds. The smallest absolute Gasteiger partial charge is 0.410 e. The van der Waals surface area contributed by atoms with Gasteiger partial charge in [0, 0.05) is 16.3 Å². The third kappa shape index (κ3) is 5.02. The number of nitrogens with zero attached hydrogens (tertiary/aromatic N) is 2. The number of fused-ring (bicyclic) bond motifs is 1. The van der Waals surface area contributed by atoms with Crippen molar-refractivity contribution in [2.24, 2.45) is 0 Å². The van der Waals surface area contributed by atoms with Crippen molar-refractivity contribution in [1.82, 2.24) is 4.90 Å². The molecule has 1 aromatic carbocycles. The molecule has 1 aliphatic heterocycles. The SMILES string of the molecule is CCOC(=O)N1CCc2c(sc(NC(=O)CSc3ccc(OC)cc3)c2C#N)C1. The van der Waals surface area contributed by atoms with Gasteiger partial charge in [-0.2, -0.15) is 5.26 Å². The van der Waals surface area contributed by atoms with Crippen LogP contribution in [-0.4, -0.2) is 42.9 Å². The maximum Gasteiger partial charge on any atom is 0.410 e. The number of benzene rings is 1. The predicted molar refractivity (Wildman–Crippen MR) is 113 cm³/mol. The largest absolute Gasteiger partial charge is 0.497 e. The zero-order valence-electron chi connectivity index (χ0n) is 16.2. The molecule has 0 aliphatic carbocycles. The van der Waals surface area contributed by atoms with Crippen LogP contribution in [0.25, 0.3) is 0 Å². The molecule has 152 valence electrons. The highest BCUT2D eigenvalue weighted by atomic mass is 32.2. The molecule has 1 N–H and O–H groups in total. The highest BCUT2D eigenvalue weighted by Gasteiger charge is 2.28. The van der Waals surface area contributed by atoms with Gasteiger partial charge >= 0.3 is 6.09 Å². The van der Waals surface area contributed by atoms with Crippen molar-refractivity contribution in [3.63, 3.8) is 0 Å². The third-order valence-electron chi connectivity index (χ3n) is 4.38. The van der Waals surface area contributed by atoms with Crippen molar-refractivity contribution in [3.8, 4) is 11.8 Å². The van der Waals surface area contributed by atoms with Gasteiger partial charge < -0.3 is 19.7 Å². The second kappa shape index (κ2) is 9.67. The average Bonchev–Trinajstić information content (AvgIpc) is 3.08. The molecule has 0 saturated heterocycles. The van der Waals surface area contributed by atoms with Crippen LogP contribution in [0.15, 0.2) is 29.2 Å². The molecule has 0 radical (unpaired) electrons. The fraction of sp³-hybridized carbons (Fsp3) is 0.350. The number of thioether (sulfide) groups is 1. The molecule has 0 fully saturated rings. The standard InChI is InChI=1S/C20H21N3O4S2/c1-3-27-20(25)23-9-8-15-16(10-21)19(29-17(15)11-23)22-18(24)12-28-14-6-4-13(26-2)5-7-14/h4-7H,3,8-9,11-12H2,1-2H3,(H,22,24). The van der Waals surface area contributed by atoms with E-state index in [4.69, 9.17) is 9.47 Å². The number of rotatable bonds is 6. The Balaban J connectivity index is 1.64. The van der Waals surface area contributed by atoms with E-state index in [0.717, 1.165) is 21.1 Å². The fourth-order valence-corrected chi connectivity index (χ4v) is 4.89. The first-order chi connectivity index (χ1) is 14.0. The Morgan fingerprint density at radius 3 is 2.76 bits per heavy atom. The van der Waals surface area contributed by atoms with Crippen LogP contribution in [0.1, 0.15) is 22.9 Å². The number of nitriles is 1. The summed E-state index contributed by atoms with van der Waals surface area (Å²) in [6.07, 6.45) is 0.218. The predicted octanol–water partition coefficient (Wildman–Crippen LogP) is 3.87. The number of methoxy groups -OCH3 is 1. The van der Waals surface area contributed by atoms with Gasteiger partial charge in [-0.05, 0) is 43.2 Å². The average molecular weight is 432 g/mol. The third-order valence-corrected chi connectivity index (χ3v) is 6.52. The van der Waals surface area contributed by atoms with Crippen LogP contribution in [0.3, 0.4) is 0 Å². The molecule has 2 heterocycles. The summed E-state index contributed by atoms with van der Waals surface area (Å²) in [5.74, 6) is 0.816. The van der Waals surface area contributed by atoms with Gasteiger partial charge in [-0.15, -0.1) is 23.1 Å². The summed E-state index contributed by atoms with van der Waals surface area (Å²) in [5.41, 5.74) is 1.41. The number of amides is 2. The van der Waals surface area contributed by atoms with E-state index in [1.54, 1.807) is 18.9 Å². The number of hydrogen-bond donors (Lipinski definition) is 1. The summed E-state index contributed by atoms with van der Waals surface area (Å²) < 4.78 is 10.2. The number of nitrogens with one attached hydrogen (secondary N) is 1. The molecular formula is C20H21N3O4S2. The van der Waals surface area contributed by atoms with Gasteiger partial charge in [0.05, 0.1) is 31.6 Å². The summed E-state index contributed by atoms with van der Waals surface area (Å²) in [6, 6.07) is 9.68. The number of hydrogen-bond acceptors (Lipinski definition) is 7. The number of carbonyl (C=O) groups is 2. The molecule has 9 heteroatoms. The molecule has 1 aliphatic rings. The molecule has 1 aromatic heterocycles. The Morgan fingerprint density at radius 1 is 1.34 bits per heavy atom. The summed E-state index contributed by atoms with van der Waals surface area (Å²) in [4.78, 5) is 27.9. The molecule has 2 aromatic rings. The van der Waals surface area contributed by atoms with Crippen LogP contribution in [0.4, 0.5) is 9.80 Å². The fourth-order valence-electron chi connectivity index (χ4n) is 2.96. The summed E-state index contributed by atoms with van der Waals surface area (Å²) in [6.45, 7) is 2.98. The van der Waals surface area contributed by atoms with Crippen LogP contribution in [0, 0.1) is 11.3 Å². The van der Waals surface area contributed by atoms with Crippen molar-refractivity contribution in [2.45, 2.75) is 24.8 Å². The summed E-state index contributed by atoms with van der Waals surface area (Å²) in [5, 5.41) is 13.0. The monoisotopic (exact) mass is 431 g/mol. The van der Waals surface area contributed by atoms with Crippen molar-refractivity contribution < 1.29 is 19.1 Å². The van der Waals surface area contributed by atoms with Gasteiger partial charge in [0.2, 0.25) is 5.91 Å². The Morgan fingerprint density at radius 2 is 2.10 bits per heavy atom. The zero-order chi connectivity index (χ0) is 20.8. The Hall–Kier alpha value is -2.70.